The van der Waals surface area contributed by atoms with Gasteiger partial charge in [0.2, 0.25) is 0 Å². The molecule has 0 amide bonds. The Morgan fingerprint density at radius 2 is 1.96 bits per heavy atom. The summed E-state index contributed by atoms with van der Waals surface area (Å²) in [5.74, 6) is 1.87. The molecule has 3 rings (SSSR count). The summed E-state index contributed by atoms with van der Waals surface area (Å²) >= 11 is 3.54. The Labute approximate surface area is 157 Å². The van der Waals surface area contributed by atoms with Crippen molar-refractivity contribution in [2.75, 3.05) is 0 Å². The quantitative estimate of drug-likeness (QED) is 0.434. The number of carbonyl (C=O) groups is 1. The van der Waals surface area contributed by atoms with E-state index in [1.807, 2.05) is 12.1 Å². The Morgan fingerprint density at radius 1 is 1.16 bits per heavy atom. The van der Waals surface area contributed by atoms with Gasteiger partial charge in [-0.25, -0.2) is 0 Å². The monoisotopic (exact) mass is 402 g/mol. The fourth-order valence-electron chi connectivity index (χ4n) is 2.78. The second-order valence-electron chi connectivity index (χ2n) is 6.33. The highest BCUT2D eigenvalue weighted by atomic mass is 79.9. The van der Waals surface area contributed by atoms with Gasteiger partial charge < -0.3 is 9.47 Å². The summed E-state index contributed by atoms with van der Waals surface area (Å²) in [5.41, 5.74) is 3.50. The van der Waals surface area contributed by atoms with Crippen LogP contribution >= 0.6 is 15.9 Å². The van der Waals surface area contributed by atoms with Crippen LogP contribution in [-0.2, 0) is 17.8 Å². The molecule has 1 fully saturated rings. The average Bonchev–Trinajstić information content (AvgIpc) is 3.46. The van der Waals surface area contributed by atoms with Crippen LogP contribution in [0, 0.1) is 0 Å². The maximum atomic E-state index is 11.7. The van der Waals surface area contributed by atoms with Crippen molar-refractivity contribution in [3.05, 3.63) is 57.6 Å². The number of ether oxygens (including phenoxy) is 2. The van der Waals surface area contributed by atoms with Gasteiger partial charge in [0.1, 0.15) is 18.1 Å². The highest BCUT2D eigenvalue weighted by molar-refractivity contribution is 9.10. The normalized spacial score (nSPS) is 13.6. The fourth-order valence-corrected chi connectivity index (χ4v) is 3.24. The van der Waals surface area contributed by atoms with Crippen molar-refractivity contribution in [3.63, 3.8) is 0 Å². The predicted molar refractivity (Wildman–Crippen MR) is 102 cm³/mol. The van der Waals surface area contributed by atoms with Crippen LogP contribution in [0.25, 0.3) is 0 Å². The molecule has 0 saturated heterocycles. The van der Waals surface area contributed by atoms with Crippen LogP contribution in [0.1, 0.15) is 55.7 Å². The van der Waals surface area contributed by atoms with E-state index in [1.54, 1.807) is 13.0 Å². The summed E-state index contributed by atoms with van der Waals surface area (Å²) in [6.45, 7) is 4.31. The standard InChI is InChI=1S/C21H23BrO3/c1-3-14-8-11-19(16(12-14)15-9-10-15)24-13-17-18(22)6-5-7-20(17)25-21(23)4-2/h5-8,11-12,15H,3-4,9-10,13H2,1-2H3. The number of hydrogen-bond donors (Lipinski definition) is 0. The van der Waals surface area contributed by atoms with E-state index >= 15 is 0 Å². The van der Waals surface area contributed by atoms with Gasteiger partial charge in [0, 0.05) is 16.5 Å². The molecule has 0 atom stereocenters. The lowest BCUT2D eigenvalue weighted by Crippen LogP contribution is -2.09. The third-order valence-electron chi connectivity index (χ3n) is 4.46. The highest BCUT2D eigenvalue weighted by Gasteiger charge is 2.27. The number of halogens is 1. The van der Waals surface area contributed by atoms with Gasteiger partial charge in [-0.2, -0.15) is 0 Å². The molecule has 0 heterocycles. The minimum Gasteiger partial charge on any atom is -0.488 e. The van der Waals surface area contributed by atoms with Crippen molar-refractivity contribution in [3.8, 4) is 11.5 Å². The lowest BCUT2D eigenvalue weighted by atomic mass is 10.0. The molecule has 2 aromatic carbocycles. The molecule has 132 valence electrons. The third kappa shape index (κ3) is 4.43. The molecule has 0 spiro atoms. The van der Waals surface area contributed by atoms with Gasteiger partial charge in [-0.15, -0.1) is 0 Å². The molecule has 0 aromatic heterocycles. The van der Waals surface area contributed by atoms with Crippen LogP contribution in [0.5, 0.6) is 11.5 Å². The summed E-state index contributed by atoms with van der Waals surface area (Å²) in [6.07, 6.45) is 3.84. The van der Waals surface area contributed by atoms with Gasteiger partial charge in [-0.1, -0.05) is 48.0 Å². The Morgan fingerprint density at radius 3 is 2.64 bits per heavy atom. The predicted octanol–water partition coefficient (Wildman–Crippen LogP) is 5.78. The topological polar surface area (TPSA) is 35.5 Å². The summed E-state index contributed by atoms with van der Waals surface area (Å²) in [6, 6.07) is 12.1. The van der Waals surface area contributed by atoms with Gasteiger partial charge in [0.15, 0.2) is 0 Å². The molecule has 0 aliphatic heterocycles. The van der Waals surface area contributed by atoms with E-state index in [1.165, 1.54) is 24.0 Å². The van der Waals surface area contributed by atoms with Gasteiger partial charge in [0.05, 0.1) is 0 Å². The van der Waals surface area contributed by atoms with E-state index in [0.717, 1.165) is 22.2 Å². The van der Waals surface area contributed by atoms with Crippen LogP contribution in [0.15, 0.2) is 40.9 Å². The second kappa shape index (κ2) is 8.05. The Bertz CT molecular complexity index is 766. The maximum absolute atomic E-state index is 11.7. The summed E-state index contributed by atoms with van der Waals surface area (Å²) < 4.78 is 12.5. The molecule has 4 heteroatoms. The summed E-state index contributed by atoms with van der Waals surface area (Å²) in [7, 11) is 0. The number of rotatable bonds is 7. The molecule has 1 aliphatic rings. The first kappa shape index (κ1) is 18.0. The number of benzene rings is 2. The largest absolute Gasteiger partial charge is 0.488 e. The van der Waals surface area contributed by atoms with Crippen LogP contribution < -0.4 is 9.47 Å². The Balaban J connectivity index is 1.81. The van der Waals surface area contributed by atoms with E-state index in [4.69, 9.17) is 9.47 Å². The molecule has 0 radical (unpaired) electrons. The van der Waals surface area contributed by atoms with Crippen molar-refractivity contribution in [2.24, 2.45) is 0 Å². The Kier molecular flexibility index (Phi) is 5.79. The molecular formula is C21H23BrO3. The first-order valence-corrected chi connectivity index (χ1v) is 9.65. The smallest absolute Gasteiger partial charge is 0.310 e. The third-order valence-corrected chi connectivity index (χ3v) is 5.20. The number of aryl methyl sites for hydroxylation is 1. The van der Waals surface area contributed by atoms with Crippen molar-refractivity contribution in [2.45, 2.75) is 52.1 Å². The van der Waals surface area contributed by atoms with Crippen LogP contribution in [0.3, 0.4) is 0 Å². The zero-order valence-electron chi connectivity index (χ0n) is 14.7. The first-order chi connectivity index (χ1) is 12.1. The van der Waals surface area contributed by atoms with E-state index in [-0.39, 0.29) is 5.97 Å². The van der Waals surface area contributed by atoms with Crippen LogP contribution in [0.2, 0.25) is 0 Å². The molecule has 0 N–H and O–H groups in total. The van der Waals surface area contributed by atoms with Gasteiger partial charge >= 0.3 is 5.97 Å². The van der Waals surface area contributed by atoms with Crippen LogP contribution in [0.4, 0.5) is 0 Å². The molecule has 2 aromatic rings. The SMILES string of the molecule is CCC(=O)Oc1cccc(Br)c1COc1ccc(CC)cc1C1CC1. The maximum Gasteiger partial charge on any atom is 0.310 e. The zero-order valence-corrected chi connectivity index (χ0v) is 16.3. The number of esters is 1. The molecular weight excluding hydrogens is 380 g/mol. The van der Waals surface area contributed by atoms with Crippen LogP contribution in [-0.4, -0.2) is 5.97 Å². The van der Waals surface area contributed by atoms with Crippen molar-refractivity contribution in [1.82, 2.24) is 0 Å². The van der Waals surface area contributed by atoms with Gasteiger partial charge in [-0.05, 0) is 54.5 Å². The highest BCUT2D eigenvalue weighted by Crippen LogP contribution is 2.45. The summed E-state index contributed by atoms with van der Waals surface area (Å²) in [4.78, 5) is 11.7. The minimum absolute atomic E-state index is 0.245. The van der Waals surface area contributed by atoms with Crippen molar-refractivity contribution >= 4 is 21.9 Å². The molecule has 0 unspecified atom stereocenters. The van der Waals surface area contributed by atoms with E-state index in [0.29, 0.717) is 24.7 Å². The van der Waals surface area contributed by atoms with Crippen molar-refractivity contribution in [1.29, 1.82) is 0 Å². The average molecular weight is 403 g/mol. The second-order valence-corrected chi connectivity index (χ2v) is 7.19. The fraction of sp³-hybridized carbons (Fsp3) is 0.381. The molecule has 1 aliphatic carbocycles. The Hall–Kier alpha value is -1.81. The van der Waals surface area contributed by atoms with E-state index in [9.17, 15) is 4.79 Å². The van der Waals surface area contributed by atoms with Gasteiger partial charge in [-0.3, -0.25) is 4.79 Å². The lowest BCUT2D eigenvalue weighted by Gasteiger charge is -2.15. The van der Waals surface area contributed by atoms with E-state index < -0.39 is 0 Å². The van der Waals surface area contributed by atoms with Crippen molar-refractivity contribution < 1.29 is 14.3 Å². The molecule has 25 heavy (non-hydrogen) atoms. The first-order valence-electron chi connectivity index (χ1n) is 8.86. The molecule has 1 saturated carbocycles. The summed E-state index contributed by atoms with van der Waals surface area (Å²) in [5, 5.41) is 0. The number of hydrogen-bond acceptors (Lipinski definition) is 3. The lowest BCUT2D eigenvalue weighted by molar-refractivity contribution is -0.134. The minimum atomic E-state index is -0.245. The molecule has 0 bridgehead atoms. The van der Waals surface area contributed by atoms with E-state index in [2.05, 4.69) is 41.1 Å². The van der Waals surface area contributed by atoms with Gasteiger partial charge in [0.25, 0.3) is 0 Å². The molecule has 3 nitrogen and oxygen atoms in total. The zero-order chi connectivity index (χ0) is 17.8. The number of carbonyl (C=O) groups excluding carboxylic acids is 1.